The Morgan fingerprint density at radius 3 is 1.61 bits per heavy atom. The van der Waals surface area contributed by atoms with Crippen LogP contribution in [0.2, 0.25) is 10.3 Å². The van der Waals surface area contributed by atoms with Crippen molar-refractivity contribution in [1.82, 2.24) is 20.2 Å². The fourth-order valence-corrected chi connectivity index (χ4v) is 5.99. The fraction of sp³-hybridized carbons (Fsp3) is 0.250. The van der Waals surface area contributed by atoms with E-state index < -0.39 is 35.8 Å². The molecule has 4 heterocycles. The largest absolute Gasteiger partial charge is 0.573 e. The van der Waals surface area contributed by atoms with Crippen molar-refractivity contribution < 1.29 is 45.4 Å². The Labute approximate surface area is 349 Å². The highest BCUT2D eigenvalue weighted by Gasteiger charge is 2.32. The molecule has 2 aromatic heterocycles. The van der Waals surface area contributed by atoms with Crippen LogP contribution in [0.15, 0.2) is 108 Å². The van der Waals surface area contributed by atoms with E-state index in [0.29, 0.717) is 60.1 Å². The summed E-state index contributed by atoms with van der Waals surface area (Å²) in [5, 5.41) is 22.5. The van der Waals surface area contributed by atoms with Crippen LogP contribution < -0.4 is 14.8 Å². The number of pyridine rings is 2. The van der Waals surface area contributed by atoms with E-state index in [0.717, 1.165) is 48.2 Å². The molecule has 0 amide bonds. The zero-order valence-corrected chi connectivity index (χ0v) is 32.8. The van der Waals surface area contributed by atoms with Gasteiger partial charge in [0.25, 0.3) is 0 Å². The number of alkyl halides is 7. The summed E-state index contributed by atoms with van der Waals surface area (Å²) in [5.74, 6) is -1.41. The number of ether oxygens (including phenoxy) is 2. The van der Waals surface area contributed by atoms with Crippen molar-refractivity contribution in [3.63, 3.8) is 0 Å². The normalized spacial score (nSPS) is 15.2. The lowest BCUT2D eigenvalue weighted by Gasteiger charge is -2.21. The number of ketones is 2. The first-order valence-electron chi connectivity index (χ1n) is 17.3. The second kappa shape index (κ2) is 21.3. The van der Waals surface area contributed by atoms with Crippen molar-refractivity contribution in [2.75, 3.05) is 13.1 Å². The minimum Gasteiger partial charge on any atom is -0.406 e. The highest BCUT2D eigenvalue weighted by Crippen LogP contribution is 2.30. The molecule has 0 spiro atoms. The molecule has 2 aliphatic rings. The molecule has 19 heteroatoms. The lowest BCUT2D eigenvalue weighted by Crippen LogP contribution is -2.20. The number of halogens is 9. The molecule has 2 fully saturated rings. The Balaban J connectivity index is 0.000000222. The summed E-state index contributed by atoms with van der Waals surface area (Å²) in [6.07, 6.45) is -3.50. The average molecular weight is 880 g/mol. The average Bonchev–Trinajstić information content (AvgIpc) is 3.90. The minimum absolute atomic E-state index is 0.00279. The third kappa shape index (κ3) is 14.5. The molecule has 2 saturated heterocycles. The van der Waals surface area contributed by atoms with Crippen molar-refractivity contribution in [2.24, 2.45) is 0 Å². The van der Waals surface area contributed by atoms with Gasteiger partial charge in [-0.3, -0.25) is 9.59 Å². The summed E-state index contributed by atoms with van der Waals surface area (Å²) in [6.45, 7) is 1.84. The van der Waals surface area contributed by atoms with Gasteiger partial charge in [0.15, 0.2) is 0 Å². The van der Waals surface area contributed by atoms with Crippen LogP contribution in [0.3, 0.4) is 0 Å². The van der Waals surface area contributed by atoms with E-state index >= 15 is 0 Å². The van der Waals surface area contributed by atoms with E-state index in [1.807, 2.05) is 29.2 Å². The second-order valence-electron chi connectivity index (χ2n) is 12.4. The summed E-state index contributed by atoms with van der Waals surface area (Å²) in [5.41, 5.74) is 3.30. The molecule has 10 nitrogen and oxygen atoms in total. The third-order valence-corrected chi connectivity index (χ3v) is 8.99. The first kappa shape index (κ1) is 45.9. The van der Waals surface area contributed by atoms with Crippen LogP contribution in [-0.2, 0) is 12.4 Å². The number of nitriles is 2. The highest BCUT2D eigenvalue weighted by molar-refractivity contribution is 6.29. The molecule has 0 bridgehead atoms. The first-order valence-corrected chi connectivity index (χ1v) is 18.6. The van der Waals surface area contributed by atoms with E-state index in [4.69, 9.17) is 40.1 Å². The predicted octanol–water partition coefficient (Wildman–Crippen LogP) is 10.3. The smallest absolute Gasteiger partial charge is 0.406 e. The van der Waals surface area contributed by atoms with Gasteiger partial charge < -0.3 is 19.7 Å². The molecule has 6 rings (SSSR count). The minimum atomic E-state index is -4.81. The van der Waals surface area contributed by atoms with Gasteiger partial charge in [-0.15, -0.1) is 37.9 Å². The lowest BCUT2D eigenvalue weighted by molar-refractivity contribution is -0.275. The van der Waals surface area contributed by atoms with E-state index in [1.165, 1.54) is 24.3 Å². The molecule has 0 radical (unpaired) electrons. The number of aromatic nitrogens is 2. The van der Waals surface area contributed by atoms with Gasteiger partial charge in [0.1, 0.15) is 45.1 Å². The molecule has 0 unspecified atom stereocenters. The number of carbonyl (C=O) groups excluding carboxylic acids is 2. The third-order valence-electron chi connectivity index (χ3n) is 8.24. The van der Waals surface area contributed by atoms with Crippen LogP contribution in [0.1, 0.15) is 57.5 Å². The SMILES string of the molecule is ClCc1ccc(Cl)nc1.N#C/C(C(=O)c1ccc(OC(F)(F)F)cc1)=C1\CCCN1.N#C/C(C(=O)c1ccc(OC(F)(F)F)cc1)=C1\CCCN1Cc1ccc(Cl)nc1. The quantitative estimate of drug-likeness (QED) is 0.0431. The van der Waals surface area contributed by atoms with Gasteiger partial charge in [-0.25, -0.2) is 9.97 Å². The Morgan fingerprint density at radius 1 is 0.712 bits per heavy atom. The molecule has 0 aliphatic carbocycles. The summed E-state index contributed by atoms with van der Waals surface area (Å²) < 4.78 is 80.5. The molecule has 0 saturated carbocycles. The number of allylic oxidation sites excluding steroid dienone is 4. The predicted molar refractivity (Wildman–Crippen MR) is 205 cm³/mol. The maximum absolute atomic E-state index is 12.8. The Bertz CT molecular complexity index is 2210. The summed E-state index contributed by atoms with van der Waals surface area (Å²) in [4.78, 5) is 34.8. The Morgan fingerprint density at radius 2 is 1.20 bits per heavy atom. The monoisotopic (exact) mass is 878 g/mol. The summed E-state index contributed by atoms with van der Waals surface area (Å²) in [6, 6.07) is 19.9. The van der Waals surface area contributed by atoms with E-state index in [9.17, 15) is 41.2 Å². The lowest BCUT2D eigenvalue weighted by atomic mass is 10.0. The molecule has 2 aliphatic heterocycles. The van der Waals surface area contributed by atoms with Crippen molar-refractivity contribution in [3.05, 3.63) is 140 Å². The summed E-state index contributed by atoms with van der Waals surface area (Å²) >= 11 is 16.8. The second-order valence-corrected chi connectivity index (χ2v) is 13.4. The van der Waals surface area contributed by atoms with Gasteiger partial charge in [0.05, 0.1) is 0 Å². The molecule has 308 valence electrons. The van der Waals surface area contributed by atoms with Crippen molar-refractivity contribution >= 4 is 46.4 Å². The number of nitrogens with one attached hydrogen (secondary N) is 1. The van der Waals surface area contributed by atoms with E-state index in [-0.39, 0.29) is 22.3 Å². The van der Waals surface area contributed by atoms with Gasteiger partial charge in [0, 0.05) is 60.4 Å². The highest BCUT2D eigenvalue weighted by atomic mass is 35.5. The van der Waals surface area contributed by atoms with E-state index in [2.05, 4.69) is 24.8 Å². The number of hydrogen-bond donors (Lipinski definition) is 1. The van der Waals surface area contributed by atoms with Crippen molar-refractivity contribution in [3.8, 4) is 23.6 Å². The standard InChI is InChI=1S/C20H15ClF3N3O2.C14H11F3N2O2.C6H5Cl2N/c21-18-8-3-13(11-26-18)12-27-9-1-2-17(27)16(10-25)19(28)14-4-6-15(7-5-14)29-20(22,23)24;15-14(16,17)21-10-5-3-9(4-6-10)13(20)11(8-18)12-2-1-7-19-12;7-3-5-1-2-6(8)9-4-5/h3-8,11H,1-2,9,12H2;3-6,19H,1-2,7H2;1-2,4H,3H2/b17-16-;12-11-;. The number of hydrogen-bond acceptors (Lipinski definition) is 10. The molecule has 2 aromatic carbocycles. The van der Waals surface area contributed by atoms with Crippen molar-refractivity contribution in [1.29, 1.82) is 10.5 Å². The molecule has 59 heavy (non-hydrogen) atoms. The van der Waals surface area contributed by atoms with Gasteiger partial charge in [0.2, 0.25) is 11.6 Å². The molecule has 0 atom stereocenters. The van der Waals surface area contributed by atoms with Gasteiger partial charge in [-0.05, 0) is 97.5 Å². The molecular formula is C40H31Cl3F6N6O4. The zero-order chi connectivity index (χ0) is 43.2. The molecule has 1 N–H and O–H groups in total. The zero-order valence-electron chi connectivity index (χ0n) is 30.5. The van der Waals surface area contributed by atoms with Crippen LogP contribution in [0, 0.1) is 22.7 Å². The number of likely N-dealkylation sites (tertiary alicyclic amines) is 1. The Kier molecular flexibility index (Phi) is 16.5. The number of carbonyl (C=O) groups is 2. The number of benzene rings is 2. The summed E-state index contributed by atoms with van der Waals surface area (Å²) in [7, 11) is 0. The Hall–Kier alpha value is -5.81. The number of nitrogens with zero attached hydrogens (tertiary/aromatic N) is 5. The maximum atomic E-state index is 12.8. The van der Waals surface area contributed by atoms with Gasteiger partial charge in [-0.2, -0.15) is 10.5 Å². The maximum Gasteiger partial charge on any atom is 0.573 e. The topological polar surface area (TPSA) is 141 Å². The number of Topliss-reactive ketones (excluding diaryl/α,β-unsaturated/α-hetero) is 2. The number of rotatable bonds is 9. The fourth-order valence-electron chi connectivity index (χ4n) is 5.61. The van der Waals surface area contributed by atoms with Crippen molar-refractivity contribution in [2.45, 2.75) is 50.8 Å². The molecule has 4 aromatic rings. The van der Waals surface area contributed by atoms with E-state index in [1.54, 1.807) is 24.5 Å². The van der Waals surface area contributed by atoms with Crippen LogP contribution in [0.5, 0.6) is 11.5 Å². The van der Waals surface area contributed by atoms with Crippen LogP contribution in [0.4, 0.5) is 26.3 Å². The molecular weight excluding hydrogens is 849 g/mol. The first-order chi connectivity index (χ1) is 28.0. The van der Waals surface area contributed by atoms with Crippen LogP contribution in [0.25, 0.3) is 0 Å². The van der Waals surface area contributed by atoms with Crippen LogP contribution in [-0.4, -0.2) is 52.2 Å². The van der Waals surface area contributed by atoms with Gasteiger partial charge >= 0.3 is 12.7 Å². The van der Waals surface area contributed by atoms with Gasteiger partial charge in [-0.1, -0.05) is 35.3 Å². The van der Waals surface area contributed by atoms with Crippen LogP contribution >= 0.6 is 34.8 Å².